The Bertz CT molecular complexity index is 315. The second-order valence-electron chi connectivity index (χ2n) is 3.99. The molecule has 1 fully saturated rings. The molecule has 0 saturated carbocycles. The van der Waals surface area contributed by atoms with Crippen LogP contribution in [0.1, 0.15) is 19.3 Å². The highest BCUT2D eigenvalue weighted by Crippen LogP contribution is 2.21. The average Bonchev–Trinajstić information content (AvgIpc) is 2.63. The number of likely N-dealkylation sites (N-methyl/N-ethyl adjacent to an activating group) is 1. The number of thiazole rings is 1. The van der Waals surface area contributed by atoms with Crippen LogP contribution in [0.25, 0.3) is 0 Å². The molecule has 15 heavy (non-hydrogen) atoms. The van der Waals surface area contributed by atoms with Gasteiger partial charge in [-0.05, 0) is 42.4 Å². The molecule has 1 aromatic heterocycles. The van der Waals surface area contributed by atoms with E-state index in [0.717, 1.165) is 16.3 Å². The molecule has 0 spiro atoms. The van der Waals surface area contributed by atoms with Crippen molar-refractivity contribution in [3.05, 3.63) is 9.98 Å². The fourth-order valence-corrected chi connectivity index (χ4v) is 3.10. The molecule has 1 aromatic rings. The number of halogens is 1. The van der Waals surface area contributed by atoms with Gasteiger partial charge in [0, 0.05) is 18.0 Å². The van der Waals surface area contributed by atoms with E-state index < -0.39 is 0 Å². The fraction of sp³-hybridized carbons (Fsp3) is 0.700. The highest BCUT2D eigenvalue weighted by Gasteiger charge is 2.18. The van der Waals surface area contributed by atoms with E-state index >= 15 is 0 Å². The Morgan fingerprint density at radius 3 is 3.20 bits per heavy atom. The second-order valence-corrected chi connectivity index (χ2v) is 5.66. The summed E-state index contributed by atoms with van der Waals surface area (Å²) in [6.07, 6.45) is 4.00. The minimum atomic E-state index is 0.668. The van der Waals surface area contributed by atoms with Crippen LogP contribution in [-0.4, -0.2) is 36.1 Å². The van der Waals surface area contributed by atoms with Gasteiger partial charge in [0.05, 0.1) is 0 Å². The molecule has 0 aromatic carbocycles. The predicted octanol–water partition coefficient (Wildman–Crippen LogP) is 2.80. The number of anilines is 1. The standard InChI is InChI=1S/C10H16BrN3S/c1-14-5-3-2-4-8(14)6-12-10-13-9(11)7-15-10/h7-8H,2-6H2,1H3,(H,12,13). The lowest BCUT2D eigenvalue weighted by molar-refractivity contribution is 0.194. The molecular weight excluding hydrogens is 274 g/mol. The third-order valence-electron chi connectivity index (χ3n) is 2.89. The fourth-order valence-electron chi connectivity index (χ4n) is 1.94. The van der Waals surface area contributed by atoms with E-state index in [1.807, 2.05) is 5.38 Å². The summed E-state index contributed by atoms with van der Waals surface area (Å²) in [5.41, 5.74) is 0. The van der Waals surface area contributed by atoms with Crippen LogP contribution >= 0.6 is 27.3 Å². The zero-order valence-electron chi connectivity index (χ0n) is 8.87. The topological polar surface area (TPSA) is 28.2 Å². The van der Waals surface area contributed by atoms with E-state index in [4.69, 9.17) is 0 Å². The lowest BCUT2D eigenvalue weighted by atomic mass is 10.0. The van der Waals surface area contributed by atoms with Crippen LogP contribution in [0.5, 0.6) is 0 Å². The number of aromatic nitrogens is 1. The Balaban J connectivity index is 1.81. The molecule has 0 aliphatic carbocycles. The molecule has 0 amide bonds. The van der Waals surface area contributed by atoms with Crippen molar-refractivity contribution in [2.75, 3.05) is 25.5 Å². The number of nitrogens with zero attached hydrogens (tertiary/aromatic N) is 2. The van der Waals surface area contributed by atoms with Crippen molar-refractivity contribution >= 4 is 32.4 Å². The molecule has 2 heterocycles. The molecule has 1 N–H and O–H groups in total. The van der Waals surface area contributed by atoms with Crippen molar-refractivity contribution < 1.29 is 0 Å². The van der Waals surface area contributed by atoms with Crippen LogP contribution in [0.15, 0.2) is 9.98 Å². The number of likely N-dealkylation sites (tertiary alicyclic amines) is 1. The average molecular weight is 290 g/mol. The lowest BCUT2D eigenvalue weighted by Crippen LogP contribution is -2.40. The number of piperidine rings is 1. The number of nitrogens with one attached hydrogen (secondary N) is 1. The molecule has 3 nitrogen and oxygen atoms in total. The van der Waals surface area contributed by atoms with Crippen molar-refractivity contribution in [2.24, 2.45) is 0 Å². The third kappa shape index (κ3) is 3.16. The van der Waals surface area contributed by atoms with Crippen molar-refractivity contribution in [3.8, 4) is 0 Å². The van der Waals surface area contributed by atoms with Crippen molar-refractivity contribution in [1.82, 2.24) is 9.88 Å². The second kappa shape index (κ2) is 5.27. The molecule has 1 aliphatic heterocycles. The summed E-state index contributed by atoms with van der Waals surface area (Å²) in [5.74, 6) is 0. The molecule has 5 heteroatoms. The predicted molar refractivity (Wildman–Crippen MR) is 68.6 cm³/mol. The molecule has 2 rings (SSSR count). The van der Waals surface area contributed by atoms with Crippen LogP contribution in [0.2, 0.25) is 0 Å². The van der Waals surface area contributed by atoms with Crippen LogP contribution < -0.4 is 5.32 Å². The Morgan fingerprint density at radius 1 is 1.67 bits per heavy atom. The maximum atomic E-state index is 4.33. The van der Waals surface area contributed by atoms with E-state index in [0.29, 0.717) is 6.04 Å². The highest BCUT2D eigenvalue weighted by atomic mass is 79.9. The summed E-state index contributed by atoms with van der Waals surface area (Å²) >= 11 is 5.01. The number of hydrogen-bond donors (Lipinski definition) is 1. The molecule has 0 bridgehead atoms. The Kier molecular flexibility index (Phi) is 3.99. The maximum Gasteiger partial charge on any atom is 0.183 e. The third-order valence-corrected chi connectivity index (χ3v) is 4.40. The van der Waals surface area contributed by atoms with Gasteiger partial charge >= 0.3 is 0 Å². The first-order chi connectivity index (χ1) is 7.25. The normalized spacial score (nSPS) is 22.9. The largest absolute Gasteiger partial charge is 0.360 e. The lowest BCUT2D eigenvalue weighted by Gasteiger charge is -2.32. The van der Waals surface area contributed by atoms with Crippen LogP contribution in [0.3, 0.4) is 0 Å². The molecule has 1 aliphatic rings. The molecule has 84 valence electrons. The highest BCUT2D eigenvalue weighted by molar-refractivity contribution is 9.10. The van der Waals surface area contributed by atoms with Crippen LogP contribution in [0.4, 0.5) is 5.13 Å². The van der Waals surface area contributed by atoms with Gasteiger partial charge in [-0.2, -0.15) is 0 Å². The summed E-state index contributed by atoms with van der Waals surface area (Å²) < 4.78 is 0.923. The van der Waals surface area contributed by atoms with Gasteiger partial charge in [-0.25, -0.2) is 4.98 Å². The maximum absolute atomic E-state index is 4.33. The van der Waals surface area contributed by atoms with Gasteiger partial charge in [-0.1, -0.05) is 6.42 Å². The zero-order chi connectivity index (χ0) is 10.7. The Hall–Kier alpha value is -0.130. The first-order valence-electron chi connectivity index (χ1n) is 5.31. The molecule has 1 unspecified atom stereocenters. The summed E-state index contributed by atoms with van der Waals surface area (Å²) in [7, 11) is 2.21. The van der Waals surface area contributed by atoms with E-state index in [2.05, 4.69) is 38.2 Å². The monoisotopic (exact) mass is 289 g/mol. The molecule has 1 atom stereocenters. The van der Waals surface area contributed by atoms with E-state index in [1.165, 1.54) is 25.8 Å². The number of rotatable bonds is 3. The first kappa shape index (κ1) is 11.4. The minimum absolute atomic E-state index is 0.668. The van der Waals surface area contributed by atoms with Crippen molar-refractivity contribution in [3.63, 3.8) is 0 Å². The van der Waals surface area contributed by atoms with E-state index in [1.54, 1.807) is 11.3 Å². The zero-order valence-corrected chi connectivity index (χ0v) is 11.3. The van der Waals surface area contributed by atoms with Gasteiger partial charge in [0.15, 0.2) is 5.13 Å². The van der Waals surface area contributed by atoms with Crippen LogP contribution in [0, 0.1) is 0 Å². The quantitative estimate of drug-likeness (QED) is 0.928. The van der Waals surface area contributed by atoms with Gasteiger partial charge in [0.2, 0.25) is 0 Å². The van der Waals surface area contributed by atoms with E-state index in [9.17, 15) is 0 Å². The SMILES string of the molecule is CN1CCCCC1CNc1nc(Br)cs1. The Labute approximate surface area is 103 Å². The summed E-state index contributed by atoms with van der Waals surface area (Å²) in [5, 5.41) is 6.42. The molecule has 0 radical (unpaired) electrons. The van der Waals surface area contributed by atoms with Gasteiger partial charge < -0.3 is 10.2 Å². The minimum Gasteiger partial charge on any atom is -0.360 e. The van der Waals surface area contributed by atoms with Crippen molar-refractivity contribution in [2.45, 2.75) is 25.3 Å². The van der Waals surface area contributed by atoms with Crippen molar-refractivity contribution in [1.29, 1.82) is 0 Å². The summed E-state index contributed by atoms with van der Waals surface area (Å²) in [6, 6.07) is 0.668. The van der Waals surface area contributed by atoms with Gasteiger partial charge in [0.25, 0.3) is 0 Å². The summed E-state index contributed by atoms with van der Waals surface area (Å²) in [6.45, 7) is 2.24. The van der Waals surface area contributed by atoms with Gasteiger partial charge in [-0.3, -0.25) is 0 Å². The number of hydrogen-bond acceptors (Lipinski definition) is 4. The molecular formula is C10H16BrN3S. The van der Waals surface area contributed by atoms with Crippen LogP contribution in [-0.2, 0) is 0 Å². The van der Waals surface area contributed by atoms with E-state index in [-0.39, 0.29) is 0 Å². The smallest absolute Gasteiger partial charge is 0.183 e. The molecule has 1 saturated heterocycles. The Morgan fingerprint density at radius 2 is 2.53 bits per heavy atom. The van der Waals surface area contributed by atoms with Gasteiger partial charge in [-0.15, -0.1) is 11.3 Å². The van der Waals surface area contributed by atoms with Gasteiger partial charge in [0.1, 0.15) is 4.60 Å². The summed E-state index contributed by atoms with van der Waals surface area (Å²) in [4.78, 5) is 6.77. The first-order valence-corrected chi connectivity index (χ1v) is 6.98.